The Hall–Kier alpha value is -2.50. The van der Waals surface area contributed by atoms with Gasteiger partial charge < -0.3 is 24.7 Å². The number of aliphatic hydroxyl groups is 1. The van der Waals surface area contributed by atoms with Crippen molar-refractivity contribution in [3.63, 3.8) is 0 Å². The number of thiazole rings is 1. The lowest BCUT2D eigenvalue weighted by Crippen LogP contribution is -2.42. The van der Waals surface area contributed by atoms with E-state index < -0.39 is 11.6 Å². The van der Waals surface area contributed by atoms with Crippen molar-refractivity contribution in [1.82, 2.24) is 15.0 Å². The summed E-state index contributed by atoms with van der Waals surface area (Å²) >= 11 is 1.07. The Morgan fingerprint density at radius 1 is 1.12 bits per heavy atom. The SMILES string of the molecule is Cc1nc(Nc2nc(N3CCOCC3)cc(N3CCC(C(C)(C)O)CC3)n2)sc1C(=O)O. The summed E-state index contributed by atoms with van der Waals surface area (Å²) in [6.45, 7) is 9.80. The number of nitrogens with zero attached hydrogens (tertiary/aromatic N) is 5. The lowest BCUT2D eigenvalue weighted by molar-refractivity contribution is 0.00645. The van der Waals surface area contributed by atoms with Gasteiger partial charge in [-0.2, -0.15) is 9.97 Å². The molecule has 0 atom stereocenters. The molecule has 174 valence electrons. The Labute approximate surface area is 191 Å². The van der Waals surface area contributed by atoms with Crippen molar-refractivity contribution in [3.8, 4) is 0 Å². The summed E-state index contributed by atoms with van der Waals surface area (Å²) in [5.41, 5.74) is -0.225. The molecule has 2 aliphatic heterocycles. The van der Waals surface area contributed by atoms with Crippen LogP contribution in [0.2, 0.25) is 0 Å². The van der Waals surface area contributed by atoms with Crippen LogP contribution in [0.15, 0.2) is 6.07 Å². The van der Waals surface area contributed by atoms with Crippen molar-refractivity contribution < 1.29 is 19.7 Å². The maximum Gasteiger partial charge on any atom is 0.347 e. The zero-order valence-corrected chi connectivity index (χ0v) is 19.5. The third-order valence-electron chi connectivity index (χ3n) is 6.06. The number of rotatable bonds is 6. The number of nitrogens with one attached hydrogen (secondary N) is 1. The molecule has 0 unspecified atom stereocenters. The van der Waals surface area contributed by atoms with Gasteiger partial charge in [-0.3, -0.25) is 5.32 Å². The van der Waals surface area contributed by atoms with Crippen molar-refractivity contribution in [1.29, 1.82) is 0 Å². The van der Waals surface area contributed by atoms with Crippen molar-refractivity contribution in [2.45, 2.75) is 39.2 Å². The Morgan fingerprint density at radius 3 is 2.25 bits per heavy atom. The molecule has 32 heavy (non-hydrogen) atoms. The summed E-state index contributed by atoms with van der Waals surface area (Å²) < 4.78 is 5.48. The molecule has 2 saturated heterocycles. The third-order valence-corrected chi connectivity index (χ3v) is 7.12. The topological polar surface area (TPSA) is 124 Å². The summed E-state index contributed by atoms with van der Waals surface area (Å²) in [4.78, 5) is 29.7. The van der Waals surface area contributed by atoms with Gasteiger partial charge in [0, 0.05) is 32.2 Å². The standard InChI is InChI=1S/C21H30N6O4S/c1-13-17(18(28)29)32-20(22-13)25-19-23-15(12-16(24-19)27-8-10-31-11-9-27)26-6-4-14(5-7-26)21(2,3)30/h12,14,30H,4-11H2,1-3H3,(H,28,29)(H,22,23,24,25). The van der Waals surface area contributed by atoms with Crippen LogP contribution < -0.4 is 15.1 Å². The van der Waals surface area contributed by atoms with Crippen LogP contribution >= 0.6 is 11.3 Å². The molecule has 0 saturated carbocycles. The highest BCUT2D eigenvalue weighted by molar-refractivity contribution is 7.17. The molecule has 2 aromatic heterocycles. The van der Waals surface area contributed by atoms with Crippen LogP contribution in [0.3, 0.4) is 0 Å². The Bertz CT molecular complexity index is 962. The summed E-state index contributed by atoms with van der Waals surface area (Å²) in [6.07, 6.45) is 1.77. The highest BCUT2D eigenvalue weighted by atomic mass is 32.1. The molecule has 11 heteroatoms. The molecule has 0 radical (unpaired) electrons. The molecule has 4 rings (SSSR count). The van der Waals surface area contributed by atoms with Crippen LogP contribution in [0.25, 0.3) is 0 Å². The Morgan fingerprint density at radius 2 is 1.72 bits per heavy atom. The number of anilines is 4. The fourth-order valence-electron chi connectivity index (χ4n) is 4.15. The average Bonchev–Trinajstić information content (AvgIpc) is 3.14. The van der Waals surface area contributed by atoms with Gasteiger partial charge in [0.2, 0.25) is 5.95 Å². The zero-order chi connectivity index (χ0) is 22.9. The van der Waals surface area contributed by atoms with Gasteiger partial charge in [-0.1, -0.05) is 11.3 Å². The summed E-state index contributed by atoms with van der Waals surface area (Å²) in [5.74, 6) is 1.26. The van der Waals surface area contributed by atoms with E-state index in [0.717, 1.165) is 62.0 Å². The molecule has 3 N–H and O–H groups in total. The molecule has 2 fully saturated rings. The minimum atomic E-state index is -0.994. The predicted octanol–water partition coefficient (Wildman–Crippen LogP) is 2.51. The van der Waals surface area contributed by atoms with Crippen LogP contribution in [0.1, 0.15) is 42.1 Å². The van der Waals surface area contributed by atoms with Crippen molar-refractivity contribution in [3.05, 3.63) is 16.6 Å². The van der Waals surface area contributed by atoms with Gasteiger partial charge in [-0.15, -0.1) is 0 Å². The van der Waals surface area contributed by atoms with Crippen LogP contribution in [-0.2, 0) is 4.74 Å². The lowest BCUT2D eigenvalue weighted by Gasteiger charge is -2.38. The van der Waals surface area contributed by atoms with Gasteiger partial charge in [0.15, 0.2) is 5.13 Å². The number of piperidine rings is 1. The average molecular weight is 463 g/mol. The van der Waals surface area contributed by atoms with E-state index in [0.29, 0.717) is 30.0 Å². The van der Waals surface area contributed by atoms with E-state index in [1.807, 2.05) is 19.9 Å². The molecule has 2 aliphatic rings. The number of carbonyl (C=O) groups is 1. The molecule has 0 aliphatic carbocycles. The van der Waals surface area contributed by atoms with Gasteiger partial charge >= 0.3 is 5.97 Å². The number of aromatic nitrogens is 3. The first-order chi connectivity index (χ1) is 15.2. The molecule has 0 spiro atoms. The second-order valence-corrected chi connectivity index (χ2v) is 9.79. The highest BCUT2D eigenvalue weighted by Crippen LogP contribution is 2.32. The minimum absolute atomic E-state index is 0.200. The first kappa shape index (κ1) is 22.7. The Kier molecular flexibility index (Phi) is 6.50. The number of aryl methyl sites for hydroxylation is 1. The molecular formula is C21H30N6O4S. The van der Waals surface area contributed by atoms with E-state index in [1.165, 1.54) is 0 Å². The maximum atomic E-state index is 11.4. The highest BCUT2D eigenvalue weighted by Gasteiger charge is 2.31. The van der Waals surface area contributed by atoms with Crippen LogP contribution in [0, 0.1) is 12.8 Å². The Balaban J connectivity index is 1.60. The molecule has 10 nitrogen and oxygen atoms in total. The van der Waals surface area contributed by atoms with Crippen molar-refractivity contribution in [2.75, 3.05) is 54.5 Å². The van der Waals surface area contributed by atoms with Gasteiger partial charge in [0.25, 0.3) is 0 Å². The number of aromatic carboxylic acids is 1. The number of ether oxygens (including phenoxy) is 1. The largest absolute Gasteiger partial charge is 0.477 e. The normalized spacial score (nSPS) is 18.1. The summed E-state index contributed by atoms with van der Waals surface area (Å²) in [6, 6.07) is 2.00. The van der Waals surface area contributed by atoms with Crippen LogP contribution in [-0.4, -0.2) is 76.1 Å². The molecular weight excluding hydrogens is 432 g/mol. The monoisotopic (exact) mass is 462 g/mol. The zero-order valence-electron chi connectivity index (χ0n) is 18.7. The predicted molar refractivity (Wildman–Crippen MR) is 123 cm³/mol. The van der Waals surface area contributed by atoms with E-state index >= 15 is 0 Å². The van der Waals surface area contributed by atoms with Gasteiger partial charge in [0.05, 0.1) is 24.5 Å². The molecule has 4 heterocycles. The van der Waals surface area contributed by atoms with E-state index in [1.54, 1.807) is 6.92 Å². The number of morpholine rings is 1. The second kappa shape index (κ2) is 9.16. The molecule has 0 amide bonds. The summed E-state index contributed by atoms with van der Waals surface area (Å²) in [5, 5.41) is 23.2. The van der Waals surface area contributed by atoms with Gasteiger partial charge in [-0.05, 0) is 39.5 Å². The maximum absolute atomic E-state index is 11.4. The van der Waals surface area contributed by atoms with E-state index in [4.69, 9.17) is 9.72 Å². The number of hydrogen-bond acceptors (Lipinski definition) is 10. The first-order valence-corrected chi connectivity index (χ1v) is 11.7. The smallest absolute Gasteiger partial charge is 0.347 e. The minimum Gasteiger partial charge on any atom is -0.477 e. The quantitative estimate of drug-likeness (QED) is 0.590. The fourth-order valence-corrected chi connectivity index (χ4v) is 4.95. The van der Waals surface area contributed by atoms with Crippen LogP contribution in [0.4, 0.5) is 22.7 Å². The van der Waals surface area contributed by atoms with Gasteiger partial charge in [-0.25, -0.2) is 9.78 Å². The van der Waals surface area contributed by atoms with Crippen LogP contribution in [0.5, 0.6) is 0 Å². The van der Waals surface area contributed by atoms with E-state index in [9.17, 15) is 15.0 Å². The number of hydrogen-bond donors (Lipinski definition) is 3. The second-order valence-electron chi connectivity index (χ2n) is 8.79. The lowest BCUT2D eigenvalue weighted by atomic mass is 9.83. The van der Waals surface area contributed by atoms with Crippen molar-refractivity contribution >= 4 is 40.0 Å². The van der Waals surface area contributed by atoms with Crippen molar-refractivity contribution in [2.24, 2.45) is 5.92 Å². The fraction of sp³-hybridized carbons (Fsp3) is 0.619. The number of carboxylic acids is 1. The van der Waals surface area contributed by atoms with E-state index in [2.05, 4.69) is 25.1 Å². The molecule has 2 aromatic rings. The third kappa shape index (κ3) is 5.11. The number of carboxylic acid groups (broad SMARTS) is 1. The van der Waals surface area contributed by atoms with Gasteiger partial charge in [0.1, 0.15) is 16.5 Å². The first-order valence-electron chi connectivity index (χ1n) is 10.9. The molecule has 0 aromatic carbocycles. The molecule has 0 bridgehead atoms. The summed E-state index contributed by atoms with van der Waals surface area (Å²) in [7, 11) is 0. The van der Waals surface area contributed by atoms with E-state index in [-0.39, 0.29) is 10.8 Å².